The van der Waals surface area contributed by atoms with Gasteiger partial charge in [0.1, 0.15) is 17.2 Å². The molecule has 29 heavy (non-hydrogen) atoms. The van der Waals surface area contributed by atoms with E-state index in [1.54, 1.807) is 32.2 Å². The van der Waals surface area contributed by atoms with Crippen LogP contribution < -0.4 is 9.75 Å². The number of azo groups is 1. The number of para-hydroxylation sites is 1. The van der Waals surface area contributed by atoms with Gasteiger partial charge in [-0.25, -0.2) is 4.98 Å². The molecule has 0 spiro atoms. The highest BCUT2D eigenvalue weighted by atomic mass is 32.1. The number of amides is 1. The van der Waals surface area contributed by atoms with Crippen LogP contribution in [-0.4, -0.2) is 34.9 Å². The van der Waals surface area contributed by atoms with Gasteiger partial charge in [0, 0.05) is 10.9 Å². The molecule has 0 saturated heterocycles. The zero-order chi connectivity index (χ0) is 20.4. The van der Waals surface area contributed by atoms with Crippen LogP contribution in [0.2, 0.25) is 0 Å². The van der Waals surface area contributed by atoms with E-state index >= 15 is 0 Å². The van der Waals surface area contributed by atoms with Crippen molar-refractivity contribution in [3.05, 3.63) is 53.9 Å². The summed E-state index contributed by atoms with van der Waals surface area (Å²) in [6.45, 7) is 1.71. The Morgan fingerprint density at radius 1 is 1.17 bits per heavy atom. The molecule has 1 aliphatic rings. The minimum absolute atomic E-state index is 0.00259. The Bertz CT molecular complexity index is 1110. The fourth-order valence-corrected chi connectivity index (χ4v) is 3.54. The van der Waals surface area contributed by atoms with Gasteiger partial charge in [0.25, 0.3) is 5.91 Å². The second-order valence-electron chi connectivity index (χ2n) is 6.24. The first kappa shape index (κ1) is 18.8. The van der Waals surface area contributed by atoms with Crippen LogP contribution in [-0.2, 0) is 4.79 Å². The van der Waals surface area contributed by atoms with Gasteiger partial charge in [-0.05, 0) is 43.3 Å². The SMILES string of the molecule is COc1ccc(-c2csc(N3N=C(C)[C@@H](N=Nc4ccccc4O)C3=O)n2)cc1. The van der Waals surface area contributed by atoms with Crippen LogP contribution in [0.5, 0.6) is 11.5 Å². The first-order valence-corrected chi connectivity index (χ1v) is 9.62. The zero-order valence-corrected chi connectivity index (χ0v) is 16.5. The number of benzene rings is 2. The van der Waals surface area contributed by atoms with Gasteiger partial charge in [0.2, 0.25) is 5.13 Å². The maximum Gasteiger partial charge on any atom is 0.282 e. The first-order valence-electron chi connectivity index (χ1n) is 8.74. The maximum absolute atomic E-state index is 12.8. The smallest absolute Gasteiger partial charge is 0.282 e. The number of hydrogen-bond acceptors (Lipinski definition) is 8. The third kappa shape index (κ3) is 3.72. The summed E-state index contributed by atoms with van der Waals surface area (Å²) in [6, 6.07) is 13.2. The highest BCUT2D eigenvalue weighted by molar-refractivity contribution is 7.14. The van der Waals surface area contributed by atoms with Crippen molar-refractivity contribution in [3.63, 3.8) is 0 Å². The van der Waals surface area contributed by atoms with Crippen LogP contribution in [0, 0.1) is 0 Å². The number of phenolic OH excluding ortho intramolecular Hbond substituents is 1. The predicted octanol–water partition coefficient (Wildman–Crippen LogP) is 4.40. The van der Waals surface area contributed by atoms with Gasteiger partial charge in [0.15, 0.2) is 6.04 Å². The van der Waals surface area contributed by atoms with Crippen molar-refractivity contribution in [2.45, 2.75) is 13.0 Å². The van der Waals surface area contributed by atoms with Crippen LogP contribution in [0.25, 0.3) is 11.3 Å². The second kappa shape index (κ2) is 7.80. The highest BCUT2D eigenvalue weighted by Crippen LogP contribution is 2.32. The Morgan fingerprint density at radius 3 is 2.66 bits per heavy atom. The van der Waals surface area contributed by atoms with Crippen molar-refractivity contribution in [2.75, 3.05) is 12.1 Å². The number of ether oxygens (including phenoxy) is 1. The van der Waals surface area contributed by atoms with E-state index < -0.39 is 6.04 Å². The van der Waals surface area contributed by atoms with Crippen LogP contribution in [0.4, 0.5) is 10.8 Å². The molecule has 0 fully saturated rings. The summed E-state index contributed by atoms with van der Waals surface area (Å²) in [5.74, 6) is 0.423. The highest BCUT2D eigenvalue weighted by Gasteiger charge is 2.36. The van der Waals surface area contributed by atoms with E-state index in [0.717, 1.165) is 17.0 Å². The molecule has 1 aromatic heterocycles. The largest absolute Gasteiger partial charge is 0.506 e. The fraction of sp³-hybridized carbons (Fsp3) is 0.150. The molecule has 0 saturated carbocycles. The number of thiazole rings is 1. The van der Waals surface area contributed by atoms with Crippen LogP contribution >= 0.6 is 11.3 Å². The molecule has 3 aromatic rings. The Labute approximate surface area is 170 Å². The lowest BCUT2D eigenvalue weighted by molar-refractivity contribution is -0.117. The van der Waals surface area contributed by atoms with Crippen LogP contribution in [0.15, 0.2) is 69.2 Å². The topological polar surface area (TPSA) is 99.7 Å². The number of methoxy groups -OCH3 is 1. The van der Waals surface area contributed by atoms with E-state index in [9.17, 15) is 9.90 Å². The Hall–Kier alpha value is -3.59. The number of carbonyl (C=O) groups is 1. The molecular weight excluding hydrogens is 390 g/mol. The summed E-state index contributed by atoms with van der Waals surface area (Å²) in [5.41, 5.74) is 2.46. The molecule has 1 atom stereocenters. The summed E-state index contributed by atoms with van der Waals surface area (Å²) in [7, 11) is 1.61. The molecule has 0 bridgehead atoms. The lowest BCUT2D eigenvalue weighted by Gasteiger charge is -2.08. The molecular formula is C20H17N5O3S. The molecule has 0 aliphatic carbocycles. The second-order valence-corrected chi connectivity index (χ2v) is 7.08. The van der Waals surface area contributed by atoms with Gasteiger partial charge in [-0.1, -0.05) is 12.1 Å². The summed E-state index contributed by atoms with van der Waals surface area (Å²) < 4.78 is 5.17. The lowest BCUT2D eigenvalue weighted by atomic mass is 10.2. The quantitative estimate of drug-likeness (QED) is 0.634. The van der Waals surface area contributed by atoms with E-state index in [-0.39, 0.29) is 11.7 Å². The van der Waals surface area contributed by atoms with Gasteiger partial charge < -0.3 is 9.84 Å². The lowest BCUT2D eigenvalue weighted by Crippen LogP contribution is -2.29. The first-order chi connectivity index (χ1) is 14.1. The minimum atomic E-state index is -0.844. The number of hydrazone groups is 1. The molecule has 1 aliphatic heterocycles. The van der Waals surface area contributed by atoms with Crippen molar-refractivity contribution >= 4 is 33.8 Å². The Morgan fingerprint density at radius 2 is 1.93 bits per heavy atom. The summed E-state index contributed by atoms with van der Waals surface area (Å²) in [5, 5.41) is 25.8. The number of aromatic nitrogens is 1. The van der Waals surface area contributed by atoms with E-state index in [1.165, 1.54) is 22.4 Å². The fourth-order valence-electron chi connectivity index (χ4n) is 2.75. The van der Waals surface area contributed by atoms with Crippen molar-refractivity contribution in [1.82, 2.24) is 4.98 Å². The molecule has 146 valence electrons. The number of rotatable bonds is 5. The molecule has 2 aromatic carbocycles. The number of anilines is 1. The van der Waals surface area contributed by atoms with Gasteiger partial charge in [-0.15, -0.1) is 11.3 Å². The van der Waals surface area contributed by atoms with Crippen LogP contribution in [0.3, 0.4) is 0 Å². The van der Waals surface area contributed by atoms with Gasteiger partial charge >= 0.3 is 0 Å². The number of carbonyl (C=O) groups excluding carboxylic acids is 1. The number of aromatic hydroxyl groups is 1. The standard InChI is InChI=1S/C20H17N5O3S/c1-12-18(23-22-15-5-3-4-6-17(15)26)19(27)25(24-12)20-21-16(11-29-20)13-7-9-14(28-2)10-8-13/h3-11,18,26H,1-2H3/t18-/m1/s1. The Kier molecular flexibility index (Phi) is 5.05. The van der Waals surface area contributed by atoms with Crippen LogP contribution in [0.1, 0.15) is 6.92 Å². The maximum atomic E-state index is 12.8. The third-order valence-electron chi connectivity index (χ3n) is 4.32. The number of phenols is 1. The van der Waals surface area contributed by atoms with E-state index in [0.29, 0.717) is 16.5 Å². The van der Waals surface area contributed by atoms with E-state index in [2.05, 4.69) is 20.3 Å². The molecule has 0 radical (unpaired) electrons. The molecule has 4 rings (SSSR count). The zero-order valence-electron chi connectivity index (χ0n) is 15.7. The van der Waals surface area contributed by atoms with Gasteiger partial charge in [-0.3, -0.25) is 4.79 Å². The molecule has 1 amide bonds. The van der Waals surface area contributed by atoms with Gasteiger partial charge in [0.05, 0.1) is 18.5 Å². The normalized spacial score (nSPS) is 16.5. The average molecular weight is 407 g/mol. The summed E-state index contributed by atoms with van der Waals surface area (Å²) in [6.07, 6.45) is 0. The van der Waals surface area contributed by atoms with Crippen molar-refractivity contribution in [1.29, 1.82) is 0 Å². The number of hydrogen-bond donors (Lipinski definition) is 1. The Balaban J connectivity index is 1.54. The molecule has 1 N–H and O–H groups in total. The average Bonchev–Trinajstić information content (AvgIpc) is 3.33. The molecule has 9 heteroatoms. The van der Waals surface area contributed by atoms with Gasteiger partial charge in [-0.2, -0.15) is 20.3 Å². The minimum Gasteiger partial charge on any atom is -0.506 e. The molecule has 0 unspecified atom stereocenters. The van der Waals surface area contributed by atoms with E-state index in [4.69, 9.17) is 4.74 Å². The molecule has 2 heterocycles. The summed E-state index contributed by atoms with van der Waals surface area (Å²) >= 11 is 1.32. The summed E-state index contributed by atoms with van der Waals surface area (Å²) in [4.78, 5) is 17.3. The third-order valence-corrected chi connectivity index (χ3v) is 5.13. The van der Waals surface area contributed by atoms with Crippen molar-refractivity contribution in [3.8, 4) is 22.8 Å². The van der Waals surface area contributed by atoms with Crippen molar-refractivity contribution in [2.24, 2.45) is 15.3 Å². The number of nitrogens with zero attached hydrogens (tertiary/aromatic N) is 5. The van der Waals surface area contributed by atoms with E-state index in [1.807, 2.05) is 29.6 Å². The van der Waals surface area contributed by atoms with Crippen molar-refractivity contribution < 1.29 is 14.6 Å². The predicted molar refractivity (Wildman–Crippen MR) is 111 cm³/mol. The monoisotopic (exact) mass is 407 g/mol. The molecule has 8 nitrogen and oxygen atoms in total.